The first kappa shape index (κ1) is 41.7. The van der Waals surface area contributed by atoms with E-state index < -0.39 is 0 Å². The van der Waals surface area contributed by atoms with Gasteiger partial charge in [-0.2, -0.15) is 0 Å². The van der Waals surface area contributed by atoms with Crippen molar-refractivity contribution in [3.05, 3.63) is 90.3 Å². The van der Waals surface area contributed by atoms with Crippen LogP contribution in [0.1, 0.15) is 113 Å². The van der Waals surface area contributed by atoms with Crippen molar-refractivity contribution < 1.29 is 34.4 Å². The number of fused-ring (bicyclic) bond motifs is 2. The van der Waals surface area contributed by atoms with Gasteiger partial charge in [0.15, 0.2) is 5.78 Å². The van der Waals surface area contributed by atoms with Crippen LogP contribution in [0.5, 0.6) is 0 Å². The van der Waals surface area contributed by atoms with Crippen LogP contribution in [-0.2, 0) is 36.7 Å². The number of rotatable bonds is 11. The molecule has 1 radical (unpaired) electrons. The van der Waals surface area contributed by atoms with E-state index in [9.17, 15) is 9.90 Å². The van der Waals surface area contributed by atoms with Crippen LogP contribution in [0.25, 0.3) is 44.4 Å². The minimum atomic E-state index is -0.337. The summed E-state index contributed by atoms with van der Waals surface area (Å²) in [6, 6.07) is 20.4. The molecule has 0 spiro atoms. The molecule has 5 rings (SSSR count). The van der Waals surface area contributed by atoms with E-state index in [2.05, 4.69) is 93.1 Å². The van der Waals surface area contributed by atoms with Gasteiger partial charge in [0.1, 0.15) is 18.3 Å². The largest absolute Gasteiger partial charge is 0.512 e. The predicted molar refractivity (Wildman–Crippen MR) is 207 cm³/mol. The standard InChI is InChI=1S/C29H28N3O.C15H28O2.Ir/c1-18(2)12-21-10-11-23-24(16-33-28(23)32-21)27-15-26(30-17-31-27)20-13-19-8-6-7-9-22(19)25(14-20)29(3,4)5;1-7-14(5,8-2)12(16)11-13(17)15(6,9-3)10-4;/h6-11,14-18H,12H2,1-5H3;11,16H,7-10H2,1-6H3;/q-1;;/b;12-11-;. The molecular weight excluding hydrogens is 811 g/mol. The number of aromatic nitrogens is 3. The molecule has 7 heteroatoms. The zero-order valence-corrected chi connectivity index (χ0v) is 34.8. The van der Waals surface area contributed by atoms with Gasteiger partial charge in [0.25, 0.3) is 0 Å². The second kappa shape index (κ2) is 17.2. The number of carbonyl (C=O) groups excluding carboxylic acids is 1. The molecule has 0 saturated carbocycles. The zero-order valence-electron chi connectivity index (χ0n) is 32.4. The van der Waals surface area contributed by atoms with Gasteiger partial charge in [-0.3, -0.25) is 9.78 Å². The quantitative estimate of drug-likeness (QED) is 0.0808. The maximum atomic E-state index is 12.2. The fourth-order valence-corrected chi connectivity index (χ4v) is 6.01. The summed E-state index contributed by atoms with van der Waals surface area (Å²) >= 11 is 0. The molecule has 5 aromatic rings. The van der Waals surface area contributed by atoms with Crippen molar-refractivity contribution in [2.24, 2.45) is 16.7 Å². The normalized spacial score (nSPS) is 12.5. The SMILES string of the molecule is CC(C)Cc1ccc2c(-c3cc(-c4[c-]c5ccccc5c(C(C)(C)C)c4)ncn3)coc2n1.CCC(C)(CC)C(=O)/C=C(\O)C(C)(CC)CC.[Ir]. The van der Waals surface area contributed by atoms with Crippen LogP contribution < -0.4 is 0 Å². The van der Waals surface area contributed by atoms with Crippen molar-refractivity contribution in [3.63, 3.8) is 0 Å². The van der Waals surface area contributed by atoms with Crippen molar-refractivity contribution >= 4 is 27.7 Å². The summed E-state index contributed by atoms with van der Waals surface area (Å²) in [5, 5.41) is 13.4. The van der Waals surface area contributed by atoms with E-state index in [1.807, 2.05) is 47.6 Å². The average Bonchev–Trinajstić information content (AvgIpc) is 3.53. The molecular formula is C44H56IrN3O3-. The Kier molecular flexibility index (Phi) is 14.1. The Morgan fingerprint density at radius 1 is 0.863 bits per heavy atom. The van der Waals surface area contributed by atoms with E-state index >= 15 is 0 Å². The molecule has 0 amide bonds. The second-order valence-electron chi connectivity index (χ2n) is 15.5. The predicted octanol–water partition coefficient (Wildman–Crippen LogP) is 12.0. The van der Waals surface area contributed by atoms with Gasteiger partial charge in [0, 0.05) is 59.3 Å². The number of allylic oxidation sites excluding steroid dienone is 2. The van der Waals surface area contributed by atoms with Gasteiger partial charge in [-0.05, 0) is 61.6 Å². The number of benzene rings is 2. The Hall–Kier alpha value is -3.67. The summed E-state index contributed by atoms with van der Waals surface area (Å²) in [5.74, 6) is 0.832. The van der Waals surface area contributed by atoms with Gasteiger partial charge < -0.3 is 9.52 Å². The monoisotopic (exact) mass is 867 g/mol. The Morgan fingerprint density at radius 3 is 2.10 bits per heavy atom. The summed E-state index contributed by atoms with van der Waals surface area (Å²) in [6.07, 6.45) is 9.04. The molecule has 0 fully saturated rings. The number of carbonyl (C=O) groups is 1. The smallest absolute Gasteiger partial charge is 0.226 e. The molecule has 3 aromatic heterocycles. The number of nitrogens with zero attached hydrogens (tertiary/aromatic N) is 3. The number of furan rings is 1. The number of pyridine rings is 1. The van der Waals surface area contributed by atoms with Crippen LogP contribution in [0.2, 0.25) is 0 Å². The number of aliphatic hydroxyl groups excluding tert-OH is 1. The van der Waals surface area contributed by atoms with Gasteiger partial charge in [-0.25, -0.2) is 9.97 Å². The van der Waals surface area contributed by atoms with Crippen molar-refractivity contribution in [2.45, 2.75) is 114 Å². The maximum Gasteiger partial charge on any atom is 0.226 e. The minimum absolute atomic E-state index is 0. The van der Waals surface area contributed by atoms with Crippen LogP contribution in [-0.4, -0.2) is 25.8 Å². The topological polar surface area (TPSA) is 89.1 Å². The molecule has 0 unspecified atom stereocenters. The Bertz CT molecular complexity index is 1960. The van der Waals surface area contributed by atoms with Crippen LogP contribution in [0.15, 0.2) is 77.4 Å². The maximum absolute atomic E-state index is 12.2. The molecule has 0 saturated heterocycles. The first-order valence-corrected chi connectivity index (χ1v) is 18.2. The number of aliphatic hydroxyl groups is 1. The molecule has 0 aliphatic carbocycles. The number of ketones is 1. The molecule has 1 N–H and O–H groups in total. The molecule has 3 heterocycles. The molecule has 6 nitrogen and oxygen atoms in total. The molecule has 275 valence electrons. The molecule has 0 aliphatic heterocycles. The summed E-state index contributed by atoms with van der Waals surface area (Å²) in [6.45, 7) is 23.2. The third kappa shape index (κ3) is 9.61. The van der Waals surface area contributed by atoms with E-state index in [4.69, 9.17) is 9.40 Å². The van der Waals surface area contributed by atoms with E-state index in [-0.39, 0.29) is 47.9 Å². The summed E-state index contributed by atoms with van der Waals surface area (Å²) in [7, 11) is 0. The first-order chi connectivity index (χ1) is 23.6. The summed E-state index contributed by atoms with van der Waals surface area (Å²) in [5.41, 5.74) is 5.92. The Labute approximate surface area is 319 Å². The van der Waals surface area contributed by atoms with Gasteiger partial charge in [-0.15, -0.1) is 29.1 Å². The number of hydrogen-bond donors (Lipinski definition) is 1. The van der Waals surface area contributed by atoms with E-state index in [1.54, 1.807) is 12.6 Å². The van der Waals surface area contributed by atoms with Crippen LogP contribution in [0, 0.1) is 22.8 Å². The van der Waals surface area contributed by atoms with Crippen molar-refractivity contribution in [1.29, 1.82) is 0 Å². The van der Waals surface area contributed by atoms with Crippen LogP contribution in [0.4, 0.5) is 0 Å². The van der Waals surface area contributed by atoms with Crippen molar-refractivity contribution in [1.82, 2.24) is 15.0 Å². The Balaban J connectivity index is 0.000000335. The van der Waals surface area contributed by atoms with E-state index in [0.29, 0.717) is 11.6 Å². The third-order valence-electron chi connectivity index (χ3n) is 10.5. The van der Waals surface area contributed by atoms with E-state index in [0.717, 1.165) is 71.1 Å². The fraction of sp³-hybridized carbons (Fsp3) is 0.455. The molecule has 0 aliphatic rings. The van der Waals surface area contributed by atoms with Crippen molar-refractivity contribution in [2.75, 3.05) is 0 Å². The second-order valence-corrected chi connectivity index (χ2v) is 15.5. The minimum Gasteiger partial charge on any atom is -0.512 e. The van der Waals surface area contributed by atoms with Crippen LogP contribution >= 0.6 is 0 Å². The molecule has 51 heavy (non-hydrogen) atoms. The average molecular weight is 867 g/mol. The zero-order chi connectivity index (χ0) is 36.9. The Morgan fingerprint density at radius 2 is 1.49 bits per heavy atom. The fourth-order valence-electron chi connectivity index (χ4n) is 6.01. The van der Waals surface area contributed by atoms with Gasteiger partial charge in [0.05, 0.1) is 5.69 Å². The number of hydrogen-bond acceptors (Lipinski definition) is 6. The molecule has 0 atom stereocenters. The molecule has 0 bridgehead atoms. The van der Waals surface area contributed by atoms with Gasteiger partial charge >= 0.3 is 0 Å². The molecule has 2 aromatic carbocycles. The summed E-state index contributed by atoms with van der Waals surface area (Å²) in [4.78, 5) is 26.0. The van der Waals surface area contributed by atoms with Gasteiger partial charge in [0.2, 0.25) is 5.71 Å². The van der Waals surface area contributed by atoms with E-state index in [1.165, 1.54) is 17.0 Å². The third-order valence-corrected chi connectivity index (χ3v) is 10.5. The summed E-state index contributed by atoms with van der Waals surface area (Å²) < 4.78 is 5.81. The van der Waals surface area contributed by atoms with Crippen LogP contribution in [0.3, 0.4) is 0 Å². The van der Waals surface area contributed by atoms with Gasteiger partial charge in [-0.1, -0.05) is 105 Å². The first-order valence-electron chi connectivity index (χ1n) is 18.2. The van der Waals surface area contributed by atoms with Crippen molar-refractivity contribution in [3.8, 4) is 22.5 Å².